The zero-order chi connectivity index (χ0) is 18.5. The Labute approximate surface area is 151 Å². The molecule has 1 heterocycles. The molecule has 1 aliphatic rings. The quantitative estimate of drug-likeness (QED) is 0.725. The van der Waals surface area contributed by atoms with Crippen LogP contribution in [0.2, 0.25) is 0 Å². The molecule has 0 bridgehead atoms. The maximum Gasteiger partial charge on any atom is 0.243 e. The fourth-order valence-electron chi connectivity index (χ4n) is 3.28. The standard InChI is InChI=1S/C20H21N3O3/c21-19(25)18(23-20(26)15-11-12-16(24)22-15)17(13-7-3-1-4-8-13)14-9-5-2-6-10-14/h1-10,15,17-18H,11-12H2,(H2,21,25)(H,22,24)(H,23,26)/t15-,18+/m1/s1. The Morgan fingerprint density at radius 1 is 1.00 bits per heavy atom. The SMILES string of the molecule is NC(=O)[C@@H](NC(=O)[C@H]1CCC(=O)N1)C(c1ccccc1)c1ccccc1. The van der Waals surface area contributed by atoms with Gasteiger partial charge in [0.25, 0.3) is 0 Å². The van der Waals surface area contributed by atoms with E-state index in [9.17, 15) is 14.4 Å². The van der Waals surface area contributed by atoms with Crippen molar-refractivity contribution in [2.45, 2.75) is 30.8 Å². The second-order valence-electron chi connectivity index (χ2n) is 6.35. The van der Waals surface area contributed by atoms with E-state index >= 15 is 0 Å². The summed E-state index contributed by atoms with van der Waals surface area (Å²) in [5.41, 5.74) is 7.39. The van der Waals surface area contributed by atoms with Crippen LogP contribution in [0.25, 0.3) is 0 Å². The second-order valence-corrected chi connectivity index (χ2v) is 6.35. The van der Waals surface area contributed by atoms with Crippen LogP contribution < -0.4 is 16.4 Å². The molecular weight excluding hydrogens is 330 g/mol. The molecule has 2 aromatic rings. The van der Waals surface area contributed by atoms with Gasteiger partial charge in [-0.1, -0.05) is 60.7 Å². The van der Waals surface area contributed by atoms with Crippen LogP contribution in [-0.4, -0.2) is 29.8 Å². The molecule has 26 heavy (non-hydrogen) atoms. The smallest absolute Gasteiger partial charge is 0.243 e. The van der Waals surface area contributed by atoms with Gasteiger partial charge in [0.1, 0.15) is 12.1 Å². The van der Waals surface area contributed by atoms with E-state index in [0.717, 1.165) is 11.1 Å². The van der Waals surface area contributed by atoms with E-state index in [2.05, 4.69) is 10.6 Å². The molecule has 6 nitrogen and oxygen atoms in total. The van der Waals surface area contributed by atoms with Crippen molar-refractivity contribution in [3.8, 4) is 0 Å². The summed E-state index contributed by atoms with van der Waals surface area (Å²) in [6.45, 7) is 0. The Hall–Kier alpha value is -3.15. The third-order valence-electron chi connectivity index (χ3n) is 4.57. The molecule has 6 heteroatoms. The average Bonchev–Trinajstić information content (AvgIpc) is 3.09. The minimum atomic E-state index is -0.926. The Morgan fingerprint density at radius 2 is 1.54 bits per heavy atom. The van der Waals surface area contributed by atoms with Crippen molar-refractivity contribution in [3.63, 3.8) is 0 Å². The van der Waals surface area contributed by atoms with Crippen LogP contribution in [0.15, 0.2) is 60.7 Å². The molecule has 0 radical (unpaired) electrons. The predicted octanol–water partition coefficient (Wildman–Crippen LogP) is 1.07. The molecule has 0 aromatic heterocycles. The lowest BCUT2D eigenvalue weighted by molar-refractivity contribution is -0.129. The molecule has 1 fully saturated rings. The minimum Gasteiger partial charge on any atom is -0.368 e. The highest BCUT2D eigenvalue weighted by atomic mass is 16.2. The van der Waals surface area contributed by atoms with Crippen molar-refractivity contribution in [1.82, 2.24) is 10.6 Å². The van der Waals surface area contributed by atoms with Gasteiger partial charge in [-0.2, -0.15) is 0 Å². The summed E-state index contributed by atoms with van der Waals surface area (Å²) in [4.78, 5) is 36.1. The molecular formula is C20H21N3O3. The second kappa shape index (κ2) is 7.82. The van der Waals surface area contributed by atoms with Crippen molar-refractivity contribution in [1.29, 1.82) is 0 Å². The number of nitrogens with one attached hydrogen (secondary N) is 2. The number of carbonyl (C=O) groups is 3. The van der Waals surface area contributed by atoms with Crippen molar-refractivity contribution in [2.75, 3.05) is 0 Å². The summed E-state index contributed by atoms with van der Waals surface area (Å²) in [6, 6.07) is 17.3. The lowest BCUT2D eigenvalue weighted by Gasteiger charge is -2.27. The van der Waals surface area contributed by atoms with E-state index in [0.29, 0.717) is 12.8 Å². The molecule has 134 valence electrons. The van der Waals surface area contributed by atoms with Crippen molar-refractivity contribution >= 4 is 17.7 Å². The summed E-state index contributed by atoms with van der Waals surface area (Å²) in [6.07, 6.45) is 0.720. The summed E-state index contributed by atoms with van der Waals surface area (Å²) >= 11 is 0. The van der Waals surface area contributed by atoms with Crippen LogP contribution >= 0.6 is 0 Å². The van der Waals surface area contributed by atoms with Gasteiger partial charge in [0.15, 0.2) is 0 Å². The van der Waals surface area contributed by atoms with E-state index in [1.165, 1.54) is 0 Å². The fourth-order valence-corrected chi connectivity index (χ4v) is 3.28. The summed E-state index contributed by atoms with van der Waals surface area (Å²) < 4.78 is 0. The van der Waals surface area contributed by atoms with Gasteiger partial charge in [-0.3, -0.25) is 14.4 Å². The first-order valence-electron chi connectivity index (χ1n) is 8.55. The molecule has 4 N–H and O–H groups in total. The number of rotatable bonds is 6. The lowest BCUT2D eigenvalue weighted by Crippen LogP contribution is -2.53. The lowest BCUT2D eigenvalue weighted by atomic mass is 9.84. The first-order chi connectivity index (χ1) is 12.6. The Balaban J connectivity index is 1.92. The van der Waals surface area contributed by atoms with Gasteiger partial charge >= 0.3 is 0 Å². The van der Waals surface area contributed by atoms with Gasteiger partial charge in [0.05, 0.1) is 0 Å². The van der Waals surface area contributed by atoms with Gasteiger partial charge in [-0.05, 0) is 17.5 Å². The third-order valence-corrected chi connectivity index (χ3v) is 4.57. The first kappa shape index (κ1) is 17.7. The van der Waals surface area contributed by atoms with Gasteiger partial charge < -0.3 is 16.4 Å². The monoisotopic (exact) mass is 351 g/mol. The van der Waals surface area contributed by atoms with Gasteiger partial charge in [0, 0.05) is 12.3 Å². The number of carbonyl (C=O) groups excluding carboxylic acids is 3. The minimum absolute atomic E-state index is 0.163. The average molecular weight is 351 g/mol. The van der Waals surface area contributed by atoms with Gasteiger partial charge in [-0.25, -0.2) is 0 Å². The third kappa shape index (κ3) is 3.91. The molecule has 0 aliphatic carbocycles. The summed E-state index contributed by atoms with van der Waals surface area (Å²) in [7, 11) is 0. The predicted molar refractivity (Wildman–Crippen MR) is 97.0 cm³/mol. The van der Waals surface area contributed by atoms with Crippen LogP contribution in [0.3, 0.4) is 0 Å². The van der Waals surface area contributed by atoms with Crippen LogP contribution in [0, 0.1) is 0 Å². The number of amides is 3. The first-order valence-corrected chi connectivity index (χ1v) is 8.55. The largest absolute Gasteiger partial charge is 0.368 e. The number of nitrogens with two attached hydrogens (primary N) is 1. The highest BCUT2D eigenvalue weighted by molar-refractivity contribution is 5.94. The summed E-state index contributed by atoms with van der Waals surface area (Å²) in [5.74, 6) is -1.60. The maximum atomic E-state index is 12.5. The number of primary amides is 1. The van der Waals surface area contributed by atoms with Crippen LogP contribution in [0.1, 0.15) is 29.9 Å². The fraction of sp³-hybridized carbons (Fsp3) is 0.250. The summed E-state index contributed by atoms with van der Waals surface area (Å²) in [5, 5.41) is 5.36. The highest BCUT2D eigenvalue weighted by Gasteiger charge is 2.34. The Bertz CT molecular complexity index is 753. The van der Waals surface area contributed by atoms with Crippen molar-refractivity contribution in [3.05, 3.63) is 71.8 Å². The number of hydrogen-bond donors (Lipinski definition) is 3. The van der Waals surface area contributed by atoms with E-state index in [-0.39, 0.29) is 5.91 Å². The Morgan fingerprint density at radius 3 is 1.96 bits per heavy atom. The van der Waals surface area contributed by atoms with E-state index in [1.54, 1.807) is 0 Å². The van der Waals surface area contributed by atoms with Crippen molar-refractivity contribution < 1.29 is 14.4 Å². The number of benzene rings is 2. The maximum absolute atomic E-state index is 12.5. The Kier molecular flexibility index (Phi) is 5.31. The van der Waals surface area contributed by atoms with Crippen LogP contribution in [-0.2, 0) is 14.4 Å². The molecule has 1 saturated heterocycles. The zero-order valence-electron chi connectivity index (χ0n) is 14.2. The van der Waals surface area contributed by atoms with Crippen LogP contribution in [0.5, 0.6) is 0 Å². The normalized spacial score (nSPS) is 17.6. The molecule has 3 rings (SSSR count). The molecule has 0 unspecified atom stereocenters. The topological polar surface area (TPSA) is 101 Å². The van der Waals surface area contributed by atoms with E-state index in [1.807, 2.05) is 60.7 Å². The molecule has 0 saturated carbocycles. The van der Waals surface area contributed by atoms with Crippen LogP contribution in [0.4, 0.5) is 0 Å². The van der Waals surface area contributed by atoms with Crippen molar-refractivity contribution in [2.24, 2.45) is 5.73 Å². The molecule has 2 aromatic carbocycles. The molecule has 1 aliphatic heterocycles. The molecule has 3 amide bonds. The number of hydrogen-bond acceptors (Lipinski definition) is 3. The van der Waals surface area contributed by atoms with E-state index < -0.39 is 29.8 Å². The highest BCUT2D eigenvalue weighted by Crippen LogP contribution is 2.28. The van der Waals surface area contributed by atoms with E-state index in [4.69, 9.17) is 5.73 Å². The van der Waals surface area contributed by atoms with Gasteiger partial charge in [-0.15, -0.1) is 0 Å². The van der Waals surface area contributed by atoms with Gasteiger partial charge in [0.2, 0.25) is 17.7 Å². The zero-order valence-corrected chi connectivity index (χ0v) is 14.2. The molecule has 2 atom stereocenters. The molecule has 0 spiro atoms.